The van der Waals surface area contributed by atoms with E-state index in [4.69, 9.17) is 5.26 Å². The van der Waals surface area contributed by atoms with Gasteiger partial charge >= 0.3 is 0 Å². The third kappa shape index (κ3) is 4.60. The van der Waals surface area contributed by atoms with Crippen molar-refractivity contribution in [1.29, 1.82) is 5.26 Å². The molecule has 0 aliphatic carbocycles. The molecule has 0 unspecified atom stereocenters. The van der Waals surface area contributed by atoms with Crippen LogP contribution in [0.15, 0.2) is 12.1 Å². The average Bonchev–Trinajstić information content (AvgIpc) is 2.33. The summed E-state index contributed by atoms with van der Waals surface area (Å²) in [5, 5.41) is 9.06. The van der Waals surface area contributed by atoms with Crippen molar-refractivity contribution in [3.63, 3.8) is 0 Å². The van der Waals surface area contributed by atoms with Gasteiger partial charge in [0.2, 0.25) is 0 Å². The monoisotopic (exact) mass is 240 g/mol. The fourth-order valence-electron chi connectivity index (χ4n) is 1.43. The fourth-order valence-corrected chi connectivity index (χ4v) is 1.43. The predicted molar refractivity (Wildman–Crippen MR) is 73.9 cm³/mol. The fraction of sp³-hybridized carbons (Fsp3) is 0.500. The zero-order valence-electron chi connectivity index (χ0n) is 11.7. The molecule has 2 nitrogen and oxygen atoms in total. The molecule has 0 saturated heterocycles. The van der Waals surface area contributed by atoms with E-state index < -0.39 is 0 Å². The van der Waals surface area contributed by atoms with Crippen LogP contribution in [0.25, 0.3) is 0 Å². The van der Waals surface area contributed by atoms with Crippen molar-refractivity contribution in [3.05, 3.63) is 29.1 Å². The van der Waals surface area contributed by atoms with Crippen LogP contribution in [0.5, 0.6) is 0 Å². The maximum Gasteiger partial charge on any atom is 0.131 e. The van der Waals surface area contributed by atoms with Gasteiger partial charge in [-0.3, -0.25) is 0 Å². The summed E-state index contributed by atoms with van der Waals surface area (Å²) in [5.41, 5.74) is 2.12. The van der Waals surface area contributed by atoms with Crippen LogP contribution in [0.4, 0.5) is 0 Å². The van der Waals surface area contributed by atoms with Crippen LogP contribution in [0.1, 0.15) is 57.5 Å². The number of hydrogen-bond acceptors (Lipinski definition) is 2. The van der Waals surface area contributed by atoms with Crippen LogP contribution in [0, 0.1) is 28.6 Å². The number of rotatable bonds is 3. The molecule has 0 atom stereocenters. The van der Waals surface area contributed by atoms with Gasteiger partial charge in [0.1, 0.15) is 11.8 Å². The summed E-state index contributed by atoms with van der Waals surface area (Å²) in [6.45, 7) is 8.30. The van der Waals surface area contributed by atoms with E-state index in [-0.39, 0.29) is 5.41 Å². The third-order valence-corrected chi connectivity index (χ3v) is 2.42. The zero-order valence-corrected chi connectivity index (χ0v) is 11.7. The Kier molecular flexibility index (Phi) is 4.93. The molecule has 2 heteroatoms. The second kappa shape index (κ2) is 6.22. The highest BCUT2D eigenvalue weighted by molar-refractivity contribution is 5.44. The van der Waals surface area contributed by atoms with Gasteiger partial charge in [-0.25, -0.2) is 4.98 Å². The molecule has 94 valence electrons. The van der Waals surface area contributed by atoms with Crippen LogP contribution >= 0.6 is 0 Å². The van der Waals surface area contributed by atoms with Gasteiger partial charge in [-0.1, -0.05) is 19.3 Å². The van der Waals surface area contributed by atoms with E-state index >= 15 is 0 Å². The van der Waals surface area contributed by atoms with E-state index in [0.717, 1.165) is 25.0 Å². The maximum atomic E-state index is 9.06. The highest BCUT2D eigenvalue weighted by Crippen LogP contribution is 2.12. The zero-order chi connectivity index (χ0) is 13.6. The van der Waals surface area contributed by atoms with Gasteiger partial charge in [-0.15, -0.1) is 0 Å². The van der Waals surface area contributed by atoms with E-state index in [2.05, 4.69) is 29.8 Å². The molecule has 0 fully saturated rings. The van der Waals surface area contributed by atoms with Crippen LogP contribution in [0.3, 0.4) is 0 Å². The standard InChI is InChI=1S/C16H20N2/c1-5-6-7-14-9-8-13(12-17)15(18-14)10-11-16(2,3)4/h8-9H,5-7H2,1-4H3. The van der Waals surface area contributed by atoms with Crippen molar-refractivity contribution in [1.82, 2.24) is 4.98 Å². The normalized spacial score (nSPS) is 10.4. The van der Waals surface area contributed by atoms with Crippen molar-refractivity contribution < 1.29 is 0 Å². The molecule has 0 N–H and O–H groups in total. The number of hydrogen-bond donors (Lipinski definition) is 0. The Labute approximate surface area is 110 Å². The first-order chi connectivity index (χ1) is 8.46. The first-order valence-electron chi connectivity index (χ1n) is 6.39. The Morgan fingerprint density at radius 3 is 2.56 bits per heavy atom. The Morgan fingerprint density at radius 1 is 1.28 bits per heavy atom. The van der Waals surface area contributed by atoms with Gasteiger partial charge in [0, 0.05) is 11.1 Å². The first kappa shape index (κ1) is 14.3. The highest BCUT2D eigenvalue weighted by atomic mass is 14.7. The first-order valence-corrected chi connectivity index (χ1v) is 6.39. The molecule has 1 rings (SSSR count). The number of unbranched alkanes of at least 4 members (excludes halogenated alkanes) is 1. The van der Waals surface area contributed by atoms with E-state index in [0.29, 0.717) is 11.3 Å². The molecule has 0 aromatic carbocycles. The Hall–Kier alpha value is -1.80. The third-order valence-electron chi connectivity index (χ3n) is 2.42. The lowest BCUT2D eigenvalue weighted by Crippen LogP contribution is -2.01. The summed E-state index contributed by atoms with van der Waals surface area (Å²) < 4.78 is 0. The summed E-state index contributed by atoms with van der Waals surface area (Å²) in [4.78, 5) is 4.49. The van der Waals surface area contributed by atoms with Crippen LogP contribution in [-0.4, -0.2) is 4.98 Å². The molecule has 1 heterocycles. The number of nitrogens with zero attached hydrogens (tertiary/aromatic N) is 2. The van der Waals surface area contributed by atoms with E-state index in [1.54, 1.807) is 0 Å². The van der Waals surface area contributed by atoms with E-state index in [1.807, 2.05) is 32.9 Å². The molecular formula is C16H20N2. The van der Waals surface area contributed by atoms with Gasteiger partial charge < -0.3 is 0 Å². The van der Waals surface area contributed by atoms with E-state index in [9.17, 15) is 0 Å². The average molecular weight is 240 g/mol. The number of aryl methyl sites for hydroxylation is 1. The summed E-state index contributed by atoms with van der Waals surface area (Å²) in [6.07, 6.45) is 3.21. The molecule has 0 bridgehead atoms. The largest absolute Gasteiger partial charge is 0.243 e. The maximum absolute atomic E-state index is 9.06. The second-order valence-electron chi connectivity index (χ2n) is 5.41. The lowest BCUT2D eigenvalue weighted by Gasteiger charge is -2.07. The lowest BCUT2D eigenvalue weighted by molar-refractivity contribution is 0.571. The molecule has 0 aliphatic rings. The van der Waals surface area contributed by atoms with Gasteiger partial charge in [0.05, 0.1) is 5.56 Å². The molecule has 0 radical (unpaired) electrons. The van der Waals surface area contributed by atoms with Gasteiger partial charge in [-0.2, -0.15) is 5.26 Å². The predicted octanol–water partition coefficient (Wildman–Crippen LogP) is 3.69. The summed E-state index contributed by atoms with van der Waals surface area (Å²) in [7, 11) is 0. The number of nitriles is 1. The molecular weight excluding hydrogens is 220 g/mol. The lowest BCUT2D eigenvalue weighted by atomic mass is 9.97. The number of aromatic nitrogens is 1. The minimum atomic E-state index is -0.0756. The molecule has 1 aromatic rings. The molecule has 0 saturated carbocycles. The van der Waals surface area contributed by atoms with Crippen molar-refractivity contribution >= 4 is 0 Å². The Bertz CT molecular complexity index is 505. The molecule has 0 amide bonds. The number of pyridine rings is 1. The Balaban J connectivity index is 3.06. The minimum Gasteiger partial charge on any atom is -0.243 e. The summed E-state index contributed by atoms with van der Waals surface area (Å²) in [6, 6.07) is 5.90. The smallest absolute Gasteiger partial charge is 0.131 e. The van der Waals surface area contributed by atoms with Gasteiger partial charge in [-0.05, 0) is 51.7 Å². The van der Waals surface area contributed by atoms with Gasteiger partial charge in [0.25, 0.3) is 0 Å². The van der Waals surface area contributed by atoms with Gasteiger partial charge in [0.15, 0.2) is 0 Å². The van der Waals surface area contributed by atoms with Crippen molar-refractivity contribution in [3.8, 4) is 17.9 Å². The summed E-state index contributed by atoms with van der Waals surface area (Å²) >= 11 is 0. The minimum absolute atomic E-state index is 0.0756. The van der Waals surface area contributed by atoms with Crippen LogP contribution in [0.2, 0.25) is 0 Å². The SMILES string of the molecule is CCCCc1ccc(C#N)c(C#CC(C)(C)C)n1. The topological polar surface area (TPSA) is 36.7 Å². The molecule has 0 spiro atoms. The highest BCUT2D eigenvalue weighted by Gasteiger charge is 2.06. The molecule has 1 aromatic heterocycles. The summed E-state index contributed by atoms with van der Waals surface area (Å²) in [5.74, 6) is 6.17. The molecule has 18 heavy (non-hydrogen) atoms. The van der Waals surface area contributed by atoms with E-state index in [1.165, 1.54) is 0 Å². The quantitative estimate of drug-likeness (QED) is 0.755. The van der Waals surface area contributed by atoms with Crippen molar-refractivity contribution in [2.45, 2.75) is 47.0 Å². The van der Waals surface area contributed by atoms with Crippen molar-refractivity contribution in [2.75, 3.05) is 0 Å². The van der Waals surface area contributed by atoms with Crippen molar-refractivity contribution in [2.24, 2.45) is 5.41 Å². The van der Waals surface area contributed by atoms with Crippen LogP contribution < -0.4 is 0 Å². The second-order valence-corrected chi connectivity index (χ2v) is 5.41. The Morgan fingerprint density at radius 2 is 2.00 bits per heavy atom. The molecule has 0 aliphatic heterocycles. The van der Waals surface area contributed by atoms with Crippen LogP contribution in [-0.2, 0) is 6.42 Å².